The Balaban J connectivity index is 2.83. The maximum atomic E-state index is 12.0. The Morgan fingerprint density at radius 2 is 1.92 bits per heavy atom. The molecule has 0 aliphatic rings. The van der Waals surface area contributed by atoms with Crippen LogP contribution in [0, 0.1) is 11.3 Å². The molecule has 130 valence electrons. The Hall–Kier alpha value is -2.19. The molecule has 1 rings (SSSR count). The molecule has 0 radical (unpaired) electrons. The van der Waals surface area contributed by atoms with Crippen LogP contribution in [-0.4, -0.2) is 30.0 Å². The maximum Gasteiger partial charge on any atom is 0.434 e. The fourth-order valence-electron chi connectivity index (χ4n) is 2.04. The predicted molar refractivity (Wildman–Crippen MR) is 96.3 cm³/mol. The average molecular weight is 329 g/mol. The Kier molecular flexibility index (Phi) is 7.60. The van der Waals surface area contributed by atoms with Gasteiger partial charge in [-0.05, 0) is 44.9 Å². The van der Waals surface area contributed by atoms with E-state index in [2.05, 4.69) is 30.2 Å². The molecular formula is C19H27N3O2. The van der Waals surface area contributed by atoms with E-state index in [1.807, 2.05) is 32.9 Å². The second kappa shape index (κ2) is 9.19. The highest BCUT2D eigenvalue weighted by Gasteiger charge is 2.16. The van der Waals surface area contributed by atoms with Crippen molar-refractivity contribution < 1.29 is 9.53 Å². The predicted octanol–water partition coefficient (Wildman–Crippen LogP) is 3.86. The summed E-state index contributed by atoms with van der Waals surface area (Å²) < 4.78 is 5.28. The number of carbonyl (C=O) groups excluding carboxylic acids is 1. The zero-order chi connectivity index (χ0) is 18.2. The normalized spacial score (nSPS) is 12.1. The van der Waals surface area contributed by atoms with Gasteiger partial charge in [0.15, 0.2) is 0 Å². The van der Waals surface area contributed by atoms with Crippen LogP contribution in [0.25, 0.3) is 0 Å². The summed E-state index contributed by atoms with van der Waals surface area (Å²) in [7, 11) is 0. The third-order valence-corrected chi connectivity index (χ3v) is 3.10. The van der Waals surface area contributed by atoms with E-state index in [0.717, 1.165) is 17.8 Å². The second-order valence-corrected chi connectivity index (χ2v) is 7.00. The Morgan fingerprint density at radius 3 is 2.42 bits per heavy atom. The molecule has 0 fully saturated rings. The van der Waals surface area contributed by atoms with E-state index in [-0.39, 0.29) is 0 Å². The summed E-state index contributed by atoms with van der Waals surface area (Å²) in [6.07, 6.45) is 0.665. The summed E-state index contributed by atoms with van der Waals surface area (Å²) in [5.74, 6) is 0. The smallest absolute Gasteiger partial charge is 0.434 e. The van der Waals surface area contributed by atoms with Gasteiger partial charge in [-0.1, -0.05) is 26.0 Å². The molecule has 5 nitrogen and oxygen atoms in total. The van der Waals surface area contributed by atoms with E-state index < -0.39 is 11.7 Å². The molecule has 1 aromatic carbocycles. The largest absolute Gasteiger partial charge is 0.442 e. The van der Waals surface area contributed by atoms with Crippen LogP contribution in [0.2, 0.25) is 0 Å². The SMILES string of the molecule is CC(C)NCC/C(Cc1ccc(C#N)cc1)=N\C(=O)OC(C)(C)C. The Bertz CT molecular complexity index is 605. The molecule has 1 amide bonds. The van der Waals surface area contributed by atoms with Crippen molar-refractivity contribution in [2.24, 2.45) is 4.99 Å². The summed E-state index contributed by atoms with van der Waals surface area (Å²) in [6.45, 7) is 10.4. The molecule has 0 aromatic heterocycles. The molecule has 0 spiro atoms. The van der Waals surface area contributed by atoms with Crippen LogP contribution in [0.5, 0.6) is 0 Å². The molecule has 1 aromatic rings. The van der Waals surface area contributed by atoms with E-state index in [1.165, 1.54) is 0 Å². The van der Waals surface area contributed by atoms with Gasteiger partial charge in [0.05, 0.1) is 11.6 Å². The lowest BCUT2D eigenvalue weighted by molar-refractivity contribution is 0.0604. The van der Waals surface area contributed by atoms with Crippen molar-refractivity contribution in [3.63, 3.8) is 0 Å². The minimum absolute atomic E-state index is 0.377. The van der Waals surface area contributed by atoms with Gasteiger partial charge in [-0.25, -0.2) is 4.79 Å². The van der Waals surface area contributed by atoms with Crippen molar-refractivity contribution in [2.45, 2.75) is 59.1 Å². The molecular weight excluding hydrogens is 302 g/mol. The molecule has 24 heavy (non-hydrogen) atoms. The molecule has 0 atom stereocenters. The number of nitrogens with zero attached hydrogens (tertiary/aromatic N) is 2. The highest BCUT2D eigenvalue weighted by molar-refractivity contribution is 5.94. The first-order chi connectivity index (χ1) is 11.2. The molecule has 1 N–H and O–H groups in total. The van der Waals surface area contributed by atoms with Gasteiger partial charge in [0.25, 0.3) is 0 Å². The quantitative estimate of drug-likeness (QED) is 0.804. The number of aliphatic imine (C=N–C) groups is 1. The van der Waals surface area contributed by atoms with Crippen LogP contribution in [-0.2, 0) is 11.2 Å². The minimum atomic E-state index is -0.560. The fourth-order valence-corrected chi connectivity index (χ4v) is 2.04. The summed E-state index contributed by atoms with van der Waals surface area (Å²) in [5, 5.41) is 12.2. The molecule has 0 bridgehead atoms. The minimum Gasteiger partial charge on any atom is -0.442 e. The number of nitriles is 1. The van der Waals surface area contributed by atoms with E-state index >= 15 is 0 Å². The van der Waals surface area contributed by atoms with Crippen molar-refractivity contribution in [3.05, 3.63) is 35.4 Å². The van der Waals surface area contributed by atoms with E-state index in [0.29, 0.717) is 24.4 Å². The summed E-state index contributed by atoms with van der Waals surface area (Å²) in [6, 6.07) is 9.79. The number of rotatable bonds is 6. The van der Waals surface area contributed by atoms with Crippen LogP contribution in [0.3, 0.4) is 0 Å². The molecule has 0 aliphatic carbocycles. The van der Waals surface area contributed by atoms with Gasteiger partial charge >= 0.3 is 6.09 Å². The van der Waals surface area contributed by atoms with Gasteiger partial charge in [0.1, 0.15) is 5.60 Å². The third kappa shape index (κ3) is 8.44. The number of hydrogen-bond acceptors (Lipinski definition) is 4. The van der Waals surface area contributed by atoms with Gasteiger partial charge < -0.3 is 10.1 Å². The van der Waals surface area contributed by atoms with E-state index in [4.69, 9.17) is 10.00 Å². The molecule has 0 unspecified atom stereocenters. The van der Waals surface area contributed by atoms with Crippen LogP contribution in [0.4, 0.5) is 4.79 Å². The first-order valence-electron chi connectivity index (χ1n) is 8.21. The van der Waals surface area contributed by atoms with Crippen LogP contribution >= 0.6 is 0 Å². The highest BCUT2D eigenvalue weighted by atomic mass is 16.6. The number of amides is 1. The van der Waals surface area contributed by atoms with Crippen LogP contribution in [0.1, 0.15) is 52.2 Å². The lowest BCUT2D eigenvalue weighted by Crippen LogP contribution is -2.27. The fraction of sp³-hybridized carbons (Fsp3) is 0.526. The molecule has 0 saturated heterocycles. The lowest BCUT2D eigenvalue weighted by atomic mass is 10.0. The first kappa shape index (κ1) is 19.9. The second-order valence-electron chi connectivity index (χ2n) is 7.00. The number of benzene rings is 1. The Labute approximate surface area is 144 Å². The van der Waals surface area contributed by atoms with Gasteiger partial charge in [0.2, 0.25) is 0 Å². The summed E-state index contributed by atoms with van der Waals surface area (Å²) in [4.78, 5) is 16.1. The van der Waals surface area contributed by atoms with Gasteiger partial charge in [-0.15, -0.1) is 0 Å². The number of ether oxygens (including phenoxy) is 1. The Morgan fingerprint density at radius 1 is 1.29 bits per heavy atom. The molecule has 5 heteroatoms. The average Bonchev–Trinajstić information content (AvgIpc) is 2.45. The zero-order valence-corrected chi connectivity index (χ0v) is 15.2. The topological polar surface area (TPSA) is 74.5 Å². The summed E-state index contributed by atoms with van der Waals surface area (Å²) >= 11 is 0. The number of hydrogen-bond donors (Lipinski definition) is 1. The third-order valence-electron chi connectivity index (χ3n) is 3.10. The maximum absolute atomic E-state index is 12.0. The molecule has 0 heterocycles. The first-order valence-corrected chi connectivity index (χ1v) is 8.21. The van der Waals surface area contributed by atoms with Gasteiger partial charge in [-0.2, -0.15) is 10.3 Å². The lowest BCUT2D eigenvalue weighted by Gasteiger charge is -2.18. The van der Waals surface area contributed by atoms with Gasteiger partial charge in [0, 0.05) is 24.7 Å². The van der Waals surface area contributed by atoms with Crippen LogP contribution in [0.15, 0.2) is 29.3 Å². The van der Waals surface area contributed by atoms with E-state index in [9.17, 15) is 4.79 Å². The van der Waals surface area contributed by atoms with E-state index in [1.54, 1.807) is 12.1 Å². The van der Waals surface area contributed by atoms with Crippen molar-refractivity contribution in [3.8, 4) is 6.07 Å². The molecule has 0 saturated carbocycles. The van der Waals surface area contributed by atoms with Crippen molar-refractivity contribution in [2.75, 3.05) is 6.54 Å². The van der Waals surface area contributed by atoms with Crippen molar-refractivity contribution >= 4 is 11.8 Å². The highest BCUT2D eigenvalue weighted by Crippen LogP contribution is 2.10. The number of carbonyl (C=O) groups is 1. The van der Waals surface area contributed by atoms with Crippen LogP contribution < -0.4 is 5.32 Å². The monoisotopic (exact) mass is 329 g/mol. The van der Waals surface area contributed by atoms with Crippen molar-refractivity contribution in [1.82, 2.24) is 5.32 Å². The summed E-state index contributed by atoms with van der Waals surface area (Å²) in [5.41, 5.74) is 1.84. The van der Waals surface area contributed by atoms with Crippen molar-refractivity contribution in [1.29, 1.82) is 5.26 Å². The zero-order valence-electron chi connectivity index (χ0n) is 15.2. The van der Waals surface area contributed by atoms with Gasteiger partial charge in [-0.3, -0.25) is 0 Å². The molecule has 0 aliphatic heterocycles. The number of nitrogens with one attached hydrogen (secondary N) is 1. The standard InChI is InChI=1S/C19H27N3O2/c1-14(2)21-11-10-17(22-18(23)24-19(3,4)5)12-15-6-8-16(13-20)9-7-15/h6-9,14,21H,10-12H2,1-5H3/b22-17+.